The molecule has 0 atom stereocenters. The van der Waals surface area contributed by atoms with E-state index in [4.69, 9.17) is 9.47 Å². The van der Waals surface area contributed by atoms with Crippen LogP contribution >= 0.6 is 0 Å². The Labute approximate surface area is 255 Å². The molecule has 5 rings (SSSR count). The number of piperazine rings is 1. The third kappa shape index (κ3) is 7.33. The first-order chi connectivity index (χ1) is 21.1. The van der Waals surface area contributed by atoms with Crippen LogP contribution in [0.25, 0.3) is 11.0 Å². The Kier molecular flexibility index (Phi) is 9.11. The highest BCUT2D eigenvalue weighted by atomic mass is 32.2. The third-order valence-electron chi connectivity index (χ3n) is 7.03. The maximum atomic E-state index is 13.6. The smallest absolute Gasteiger partial charge is 0.263 e. The number of sulfonamides is 1. The molecule has 2 heterocycles. The Balaban J connectivity index is 1.36. The molecule has 0 radical (unpaired) electrons. The van der Waals surface area contributed by atoms with Gasteiger partial charge in [-0.1, -0.05) is 18.2 Å². The van der Waals surface area contributed by atoms with Crippen LogP contribution < -0.4 is 24.8 Å². The van der Waals surface area contributed by atoms with Crippen LogP contribution in [-0.4, -0.2) is 86.9 Å². The van der Waals surface area contributed by atoms with E-state index in [9.17, 15) is 18.0 Å². The molecule has 230 valence electrons. The summed E-state index contributed by atoms with van der Waals surface area (Å²) in [5, 5.41) is 5.90. The van der Waals surface area contributed by atoms with Crippen molar-refractivity contribution in [1.82, 2.24) is 19.8 Å². The molecular weight excluding hydrogens is 586 g/mol. The minimum absolute atomic E-state index is 0.0128. The molecule has 0 saturated carbocycles. The van der Waals surface area contributed by atoms with Gasteiger partial charge in [-0.05, 0) is 30.3 Å². The zero-order chi connectivity index (χ0) is 31.3. The zero-order valence-corrected chi connectivity index (χ0v) is 25.3. The molecule has 4 aromatic rings. The first-order valence-corrected chi connectivity index (χ1v) is 15.3. The van der Waals surface area contributed by atoms with Crippen LogP contribution in [0.4, 0.5) is 23.0 Å². The fourth-order valence-corrected chi connectivity index (χ4v) is 5.78. The summed E-state index contributed by atoms with van der Waals surface area (Å²) in [7, 11) is -1.11. The van der Waals surface area contributed by atoms with Crippen molar-refractivity contribution in [2.24, 2.45) is 0 Å². The van der Waals surface area contributed by atoms with Crippen LogP contribution in [0, 0.1) is 0 Å². The highest BCUT2D eigenvalue weighted by Crippen LogP contribution is 2.31. The number of anilines is 4. The van der Waals surface area contributed by atoms with Gasteiger partial charge in [0.15, 0.2) is 11.6 Å². The normalized spacial score (nSPS) is 13.8. The second-order valence-corrected chi connectivity index (χ2v) is 11.8. The number of amides is 2. The minimum atomic E-state index is -4.16. The molecule has 44 heavy (non-hydrogen) atoms. The fraction of sp³-hybridized carbons (Fsp3) is 0.267. The molecule has 0 spiro atoms. The molecule has 1 aliphatic heterocycles. The van der Waals surface area contributed by atoms with E-state index in [0.717, 1.165) is 0 Å². The molecule has 0 bridgehead atoms. The van der Waals surface area contributed by atoms with E-state index >= 15 is 0 Å². The highest BCUT2D eigenvalue weighted by Gasteiger charge is 2.22. The van der Waals surface area contributed by atoms with Crippen molar-refractivity contribution < 1.29 is 27.5 Å². The molecule has 3 aromatic carbocycles. The second-order valence-electron chi connectivity index (χ2n) is 10.1. The number of methoxy groups -OCH3 is 2. The van der Waals surface area contributed by atoms with Gasteiger partial charge >= 0.3 is 0 Å². The van der Waals surface area contributed by atoms with Crippen LogP contribution in [0.3, 0.4) is 0 Å². The second kappa shape index (κ2) is 13.1. The fourth-order valence-electron chi connectivity index (χ4n) is 4.73. The van der Waals surface area contributed by atoms with Crippen molar-refractivity contribution in [3.05, 3.63) is 66.7 Å². The SMILES string of the molecule is COc1cc(Nc2nc3ccccc3nc2NS(=O)(=O)c2cccc(NC(=O)CN3CCN(C(C)=O)CC3)c2)cc(OC)c1. The summed E-state index contributed by atoms with van der Waals surface area (Å²) in [4.78, 5) is 37.1. The van der Waals surface area contributed by atoms with Crippen molar-refractivity contribution >= 4 is 55.9 Å². The number of ether oxygens (including phenoxy) is 2. The summed E-state index contributed by atoms with van der Waals surface area (Å²) in [6.07, 6.45) is 0. The number of carbonyl (C=O) groups excluding carboxylic acids is 2. The van der Waals surface area contributed by atoms with Gasteiger partial charge in [-0.2, -0.15) is 0 Å². The van der Waals surface area contributed by atoms with E-state index in [0.29, 0.717) is 60.1 Å². The topological polar surface area (TPSA) is 155 Å². The number of hydrogen-bond donors (Lipinski definition) is 3. The van der Waals surface area contributed by atoms with Crippen LogP contribution in [0.1, 0.15) is 6.92 Å². The summed E-state index contributed by atoms with van der Waals surface area (Å²) in [6, 6.07) is 18.2. The van der Waals surface area contributed by atoms with Gasteiger partial charge < -0.3 is 25.0 Å². The maximum Gasteiger partial charge on any atom is 0.263 e. The summed E-state index contributed by atoms with van der Waals surface area (Å²) < 4.78 is 40.4. The quantitative estimate of drug-likeness (QED) is 0.241. The average molecular weight is 620 g/mol. The molecule has 0 aliphatic carbocycles. The average Bonchev–Trinajstić information content (AvgIpc) is 3.01. The summed E-state index contributed by atoms with van der Waals surface area (Å²) in [5.74, 6) is 0.921. The Morgan fingerprint density at radius 1 is 0.818 bits per heavy atom. The largest absolute Gasteiger partial charge is 0.497 e. The summed E-state index contributed by atoms with van der Waals surface area (Å²) in [6.45, 7) is 3.93. The number of benzene rings is 3. The molecule has 13 nitrogen and oxygen atoms in total. The molecule has 14 heteroatoms. The van der Waals surface area contributed by atoms with Gasteiger partial charge in [-0.15, -0.1) is 0 Å². The van der Waals surface area contributed by atoms with E-state index in [1.54, 1.807) is 53.4 Å². The van der Waals surface area contributed by atoms with Crippen LogP contribution in [0.2, 0.25) is 0 Å². The first-order valence-electron chi connectivity index (χ1n) is 13.8. The van der Waals surface area contributed by atoms with E-state index in [2.05, 4.69) is 25.3 Å². The first kappa shape index (κ1) is 30.5. The predicted molar refractivity (Wildman–Crippen MR) is 167 cm³/mol. The lowest BCUT2D eigenvalue weighted by atomic mass is 10.2. The van der Waals surface area contributed by atoms with Crippen LogP contribution in [-0.2, 0) is 19.6 Å². The van der Waals surface area contributed by atoms with Gasteiger partial charge in [0, 0.05) is 62.7 Å². The van der Waals surface area contributed by atoms with Crippen molar-refractivity contribution in [3.8, 4) is 11.5 Å². The Hall–Kier alpha value is -4.95. The molecular formula is C30H33N7O6S. The van der Waals surface area contributed by atoms with Crippen molar-refractivity contribution in [2.75, 3.05) is 62.3 Å². The monoisotopic (exact) mass is 619 g/mol. The van der Waals surface area contributed by atoms with Crippen molar-refractivity contribution in [1.29, 1.82) is 0 Å². The molecule has 3 N–H and O–H groups in total. The standard InChI is InChI=1S/C30H33N7O6S/c1-20(38)37-13-11-36(12-14-37)19-28(39)31-21-7-6-8-25(17-21)44(40,41)35-30-29(33-26-9-4-5-10-27(26)34-30)32-22-15-23(42-2)18-24(16-22)43-3/h4-10,15-18H,11-14,19H2,1-3H3,(H,31,39)(H,32,33)(H,34,35). The van der Waals surface area contributed by atoms with E-state index in [-0.39, 0.29) is 34.9 Å². The molecule has 0 unspecified atom stereocenters. The van der Waals surface area contributed by atoms with Crippen LogP contribution in [0.15, 0.2) is 71.6 Å². The summed E-state index contributed by atoms with van der Waals surface area (Å²) in [5.41, 5.74) is 1.91. The number of carbonyl (C=O) groups is 2. The molecule has 1 aliphatic rings. The molecule has 2 amide bonds. The van der Waals surface area contributed by atoms with Gasteiger partial charge in [-0.25, -0.2) is 18.4 Å². The van der Waals surface area contributed by atoms with E-state index in [1.807, 2.05) is 11.0 Å². The van der Waals surface area contributed by atoms with Gasteiger partial charge in [0.1, 0.15) is 11.5 Å². The number of hydrogen-bond acceptors (Lipinski definition) is 10. The van der Waals surface area contributed by atoms with E-state index < -0.39 is 10.0 Å². The lowest BCUT2D eigenvalue weighted by Gasteiger charge is -2.33. The lowest BCUT2D eigenvalue weighted by molar-refractivity contribution is -0.130. The maximum absolute atomic E-state index is 13.6. The Morgan fingerprint density at radius 2 is 1.45 bits per heavy atom. The minimum Gasteiger partial charge on any atom is -0.497 e. The molecule has 1 aromatic heterocycles. The Bertz CT molecular complexity index is 1770. The number of para-hydroxylation sites is 2. The van der Waals surface area contributed by atoms with E-state index in [1.165, 1.54) is 33.3 Å². The summed E-state index contributed by atoms with van der Waals surface area (Å²) >= 11 is 0. The van der Waals surface area contributed by atoms with Crippen molar-refractivity contribution in [2.45, 2.75) is 11.8 Å². The highest BCUT2D eigenvalue weighted by molar-refractivity contribution is 7.92. The zero-order valence-electron chi connectivity index (χ0n) is 24.5. The van der Waals surface area contributed by atoms with Gasteiger partial charge in [0.2, 0.25) is 11.8 Å². The Morgan fingerprint density at radius 3 is 2.07 bits per heavy atom. The number of aromatic nitrogens is 2. The number of fused-ring (bicyclic) bond motifs is 1. The number of nitrogens with one attached hydrogen (secondary N) is 3. The predicted octanol–water partition coefficient (Wildman–Crippen LogP) is 3.29. The third-order valence-corrected chi connectivity index (χ3v) is 8.37. The van der Waals surface area contributed by atoms with Crippen molar-refractivity contribution in [3.63, 3.8) is 0 Å². The van der Waals surface area contributed by atoms with Gasteiger partial charge in [-0.3, -0.25) is 19.2 Å². The lowest BCUT2D eigenvalue weighted by Crippen LogP contribution is -2.49. The van der Waals surface area contributed by atoms with Gasteiger partial charge in [0.25, 0.3) is 10.0 Å². The van der Waals surface area contributed by atoms with Gasteiger partial charge in [0.05, 0.1) is 36.7 Å². The van der Waals surface area contributed by atoms with Crippen LogP contribution in [0.5, 0.6) is 11.5 Å². The number of rotatable bonds is 10. The number of nitrogens with zero attached hydrogens (tertiary/aromatic N) is 4. The molecule has 1 saturated heterocycles. The molecule has 1 fully saturated rings.